The van der Waals surface area contributed by atoms with Crippen LogP contribution in [0.15, 0.2) is 60.2 Å². The number of hydrogen-bond donors (Lipinski definition) is 2. The summed E-state index contributed by atoms with van der Waals surface area (Å²) in [5.74, 6) is 0.454. The Bertz CT molecular complexity index is 1200. The topological polar surface area (TPSA) is 105 Å². The number of nitriles is 1. The Morgan fingerprint density at radius 3 is 3.03 bits per heavy atom. The first kappa shape index (κ1) is 19.4. The number of ether oxygens (including phenoxy) is 1. The summed E-state index contributed by atoms with van der Waals surface area (Å²) in [6.45, 7) is 1.17. The van der Waals surface area contributed by atoms with E-state index in [2.05, 4.69) is 26.7 Å². The predicted molar refractivity (Wildman–Crippen MR) is 115 cm³/mol. The highest BCUT2D eigenvalue weighted by Crippen LogP contribution is 2.19. The van der Waals surface area contributed by atoms with E-state index in [1.54, 1.807) is 30.5 Å². The zero-order valence-electron chi connectivity index (χ0n) is 15.9. The summed E-state index contributed by atoms with van der Waals surface area (Å²) < 4.78 is 7.18. The van der Waals surface area contributed by atoms with Crippen LogP contribution in [0.1, 0.15) is 12.0 Å². The van der Waals surface area contributed by atoms with Crippen molar-refractivity contribution in [3.8, 4) is 11.1 Å². The minimum atomic E-state index is -0.455. The molecule has 0 radical (unpaired) electrons. The average molecular weight is 418 g/mol. The van der Waals surface area contributed by atoms with E-state index in [0.717, 1.165) is 23.1 Å². The number of rotatable bonds is 7. The number of nitrogens with zero attached hydrogens (tertiary/aromatic N) is 4. The normalized spacial score (nSPS) is 10.5. The van der Waals surface area contributed by atoms with Gasteiger partial charge in [-0.05, 0) is 48.2 Å². The van der Waals surface area contributed by atoms with E-state index in [9.17, 15) is 4.79 Å². The average Bonchev–Trinajstić information content (AvgIpc) is 3.41. The molecule has 0 aliphatic heterocycles. The first-order chi connectivity index (χ1) is 14.7. The molecule has 9 heteroatoms. The van der Waals surface area contributed by atoms with Crippen molar-refractivity contribution in [2.75, 3.05) is 11.9 Å². The Kier molecular flexibility index (Phi) is 5.87. The van der Waals surface area contributed by atoms with Crippen LogP contribution in [0.5, 0.6) is 5.06 Å². The van der Waals surface area contributed by atoms with Crippen LogP contribution < -0.4 is 15.4 Å². The molecule has 0 spiro atoms. The van der Waals surface area contributed by atoms with E-state index in [1.165, 1.54) is 11.3 Å². The molecule has 0 saturated carbocycles. The van der Waals surface area contributed by atoms with E-state index < -0.39 is 6.09 Å². The molecule has 4 aromatic rings. The number of aryl methyl sites for hydroxylation is 1. The van der Waals surface area contributed by atoms with Crippen LogP contribution in [0.3, 0.4) is 0 Å². The second kappa shape index (κ2) is 9.07. The molecule has 4 rings (SSSR count). The highest BCUT2D eigenvalue weighted by Gasteiger charge is 2.08. The SMILES string of the molecule is N#Cc1cccc(Nc2ncc3ccn(CCCNC(=O)Oc4cccs4)c3n2)c1. The Hall–Kier alpha value is -3.90. The third-order valence-electron chi connectivity index (χ3n) is 4.28. The molecule has 2 N–H and O–H groups in total. The number of benzene rings is 1. The maximum absolute atomic E-state index is 11.8. The van der Waals surface area contributed by atoms with Gasteiger partial charge in [0.1, 0.15) is 5.65 Å². The molecule has 1 amide bonds. The molecule has 30 heavy (non-hydrogen) atoms. The van der Waals surface area contributed by atoms with Gasteiger partial charge < -0.3 is 19.9 Å². The number of thiophene rings is 1. The lowest BCUT2D eigenvalue weighted by molar-refractivity contribution is 0.201. The maximum Gasteiger partial charge on any atom is 0.413 e. The van der Waals surface area contributed by atoms with Gasteiger partial charge in [0.25, 0.3) is 0 Å². The predicted octanol–water partition coefficient (Wildman–Crippen LogP) is 4.29. The highest BCUT2D eigenvalue weighted by atomic mass is 32.1. The molecule has 0 bridgehead atoms. The summed E-state index contributed by atoms with van der Waals surface area (Å²) in [5.41, 5.74) is 2.11. The quantitative estimate of drug-likeness (QED) is 0.434. The number of anilines is 2. The van der Waals surface area contributed by atoms with Gasteiger partial charge >= 0.3 is 6.09 Å². The fourth-order valence-electron chi connectivity index (χ4n) is 2.90. The van der Waals surface area contributed by atoms with Gasteiger partial charge in [0, 0.05) is 36.6 Å². The number of fused-ring (bicyclic) bond motifs is 1. The minimum absolute atomic E-state index is 0.454. The van der Waals surface area contributed by atoms with Gasteiger partial charge in [-0.25, -0.2) is 9.78 Å². The second-order valence-electron chi connectivity index (χ2n) is 6.40. The molecule has 0 saturated heterocycles. The number of hydrogen-bond acceptors (Lipinski definition) is 7. The molecular formula is C21H18N6O2S. The Morgan fingerprint density at radius 2 is 2.20 bits per heavy atom. The molecule has 1 aromatic carbocycles. The van der Waals surface area contributed by atoms with E-state index in [-0.39, 0.29) is 0 Å². The molecule has 0 fully saturated rings. The van der Waals surface area contributed by atoms with Crippen molar-refractivity contribution < 1.29 is 9.53 Å². The van der Waals surface area contributed by atoms with Gasteiger partial charge in [0.15, 0.2) is 5.06 Å². The molecule has 0 atom stereocenters. The second-order valence-corrected chi connectivity index (χ2v) is 7.31. The Morgan fingerprint density at radius 1 is 1.27 bits per heavy atom. The zero-order chi connectivity index (χ0) is 20.8. The molecule has 150 valence electrons. The fraction of sp³-hybridized carbons (Fsp3) is 0.143. The number of nitrogens with one attached hydrogen (secondary N) is 2. The van der Waals surface area contributed by atoms with Crippen molar-refractivity contribution in [1.82, 2.24) is 19.9 Å². The number of carbonyl (C=O) groups is 1. The molecule has 3 heterocycles. The van der Waals surface area contributed by atoms with E-state index in [4.69, 9.17) is 10.00 Å². The number of carbonyl (C=O) groups excluding carboxylic acids is 1. The lowest BCUT2D eigenvalue weighted by Gasteiger charge is -2.08. The molecule has 0 aliphatic rings. The van der Waals surface area contributed by atoms with Gasteiger partial charge in [-0.1, -0.05) is 6.07 Å². The number of amides is 1. The standard InChI is InChI=1S/C21H18N6O2S/c22-13-15-4-1-5-17(12-15)25-20-24-14-16-7-10-27(19(16)26-20)9-3-8-23-21(28)29-18-6-2-11-30-18/h1-2,4-7,10-12,14H,3,8-9H2,(H,23,28)(H,24,25,26). The first-order valence-electron chi connectivity index (χ1n) is 9.29. The van der Waals surface area contributed by atoms with Crippen LogP contribution in [0.4, 0.5) is 16.4 Å². The van der Waals surface area contributed by atoms with Crippen LogP contribution in [-0.2, 0) is 6.54 Å². The van der Waals surface area contributed by atoms with Gasteiger partial charge in [-0.15, -0.1) is 11.3 Å². The molecular weight excluding hydrogens is 400 g/mol. The highest BCUT2D eigenvalue weighted by molar-refractivity contribution is 7.11. The van der Waals surface area contributed by atoms with Crippen LogP contribution in [-0.4, -0.2) is 27.2 Å². The summed E-state index contributed by atoms with van der Waals surface area (Å²) in [6, 6.07) is 14.8. The largest absolute Gasteiger partial charge is 0.413 e. The van der Waals surface area contributed by atoms with Crippen molar-refractivity contribution in [1.29, 1.82) is 5.26 Å². The molecule has 0 unspecified atom stereocenters. The molecule has 0 aliphatic carbocycles. The third kappa shape index (κ3) is 4.74. The van der Waals surface area contributed by atoms with E-state index in [1.807, 2.05) is 34.3 Å². The van der Waals surface area contributed by atoms with Crippen LogP contribution in [0.2, 0.25) is 0 Å². The Balaban J connectivity index is 1.35. The molecule has 8 nitrogen and oxygen atoms in total. The minimum Gasteiger partial charge on any atom is -0.399 e. The fourth-order valence-corrected chi connectivity index (χ4v) is 3.47. The summed E-state index contributed by atoms with van der Waals surface area (Å²) in [5, 5.41) is 18.3. The van der Waals surface area contributed by atoms with Crippen LogP contribution in [0.25, 0.3) is 11.0 Å². The lowest BCUT2D eigenvalue weighted by Crippen LogP contribution is -2.28. The van der Waals surface area contributed by atoms with Crippen molar-refractivity contribution in [3.63, 3.8) is 0 Å². The summed E-state index contributed by atoms with van der Waals surface area (Å²) in [6.07, 6.45) is 3.97. The van der Waals surface area contributed by atoms with Crippen molar-refractivity contribution in [3.05, 3.63) is 65.8 Å². The summed E-state index contributed by atoms with van der Waals surface area (Å²) in [4.78, 5) is 20.7. The van der Waals surface area contributed by atoms with Crippen molar-refractivity contribution >= 4 is 40.1 Å². The van der Waals surface area contributed by atoms with E-state index >= 15 is 0 Å². The maximum atomic E-state index is 11.8. The van der Waals surface area contributed by atoms with E-state index in [0.29, 0.717) is 29.7 Å². The zero-order valence-corrected chi connectivity index (χ0v) is 16.7. The summed E-state index contributed by atoms with van der Waals surface area (Å²) in [7, 11) is 0. The first-order valence-corrected chi connectivity index (χ1v) is 10.2. The third-order valence-corrected chi connectivity index (χ3v) is 5.03. The van der Waals surface area contributed by atoms with Gasteiger partial charge in [0.2, 0.25) is 5.95 Å². The Labute approximate surface area is 176 Å². The lowest BCUT2D eigenvalue weighted by atomic mass is 10.2. The molecule has 3 aromatic heterocycles. The smallest absolute Gasteiger partial charge is 0.399 e. The number of aromatic nitrogens is 3. The van der Waals surface area contributed by atoms with Crippen LogP contribution in [0, 0.1) is 11.3 Å². The summed E-state index contributed by atoms with van der Waals surface area (Å²) >= 11 is 1.37. The van der Waals surface area contributed by atoms with Gasteiger partial charge in [0.05, 0.1) is 11.6 Å². The van der Waals surface area contributed by atoms with Crippen molar-refractivity contribution in [2.45, 2.75) is 13.0 Å². The van der Waals surface area contributed by atoms with Crippen molar-refractivity contribution in [2.24, 2.45) is 0 Å². The van der Waals surface area contributed by atoms with Crippen LogP contribution >= 0.6 is 11.3 Å². The monoisotopic (exact) mass is 418 g/mol. The van der Waals surface area contributed by atoms with Gasteiger partial charge in [-0.3, -0.25) is 0 Å². The van der Waals surface area contributed by atoms with Gasteiger partial charge in [-0.2, -0.15) is 10.2 Å².